The smallest absolute Gasteiger partial charge is 0.0991 e. The van der Waals surface area contributed by atoms with E-state index in [1.165, 1.54) is 24.0 Å². The Labute approximate surface area is 86.4 Å². The third-order valence-electron chi connectivity index (χ3n) is 2.65. The van der Waals surface area contributed by atoms with E-state index in [2.05, 4.69) is 32.9 Å². The summed E-state index contributed by atoms with van der Waals surface area (Å²) >= 11 is 0. The molecular formula is C13H17N. The van der Waals surface area contributed by atoms with Gasteiger partial charge >= 0.3 is 0 Å². The summed E-state index contributed by atoms with van der Waals surface area (Å²) in [7, 11) is 0. The topological polar surface area (TPSA) is 23.8 Å². The Morgan fingerprint density at radius 1 is 1.43 bits per heavy atom. The molecule has 0 aliphatic carbocycles. The first-order chi connectivity index (χ1) is 6.69. The lowest BCUT2D eigenvalue weighted by molar-refractivity contribution is 0.661. The fraction of sp³-hybridized carbons (Fsp3) is 0.462. The van der Waals surface area contributed by atoms with Crippen LogP contribution in [0.3, 0.4) is 0 Å². The molecule has 0 bridgehead atoms. The maximum absolute atomic E-state index is 8.74. The zero-order valence-corrected chi connectivity index (χ0v) is 9.17. The summed E-state index contributed by atoms with van der Waals surface area (Å²) in [6, 6.07) is 8.14. The zero-order valence-electron chi connectivity index (χ0n) is 9.17. The Hall–Kier alpha value is -1.29. The van der Waals surface area contributed by atoms with Crippen molar-refractivity contribution in [1.82, 2.24) is 0 Å². The molecule has 0 N–H and O–H groups in total. The van der Waals surface area contributed by atoms with Crippen LogP contribution in [0.1, 0.15) is 49.3 Å². The van der Waals surface area contributed by atoms with Crippen molar-refractivity contribution in [2.75, 3.05) is 0 Å². The highest BCUT2D eigenvalue weighted by atomic mass is 14.2. The fourth-order valence-electron chi connectivity index (χ4n) is 1.89. The lowest BCUT2D eigenvalue weighted by Crippen LogP contribution is -1.96. The average Bonchev–Trinajstić information content (AvgIpc) is 2.17. The van der Waals surface area contributed by atoms with Gasteiger partial charge in [-0.2, -0.15) is 5.26 Å². The molecule has 1 nitrogen and oxygen atoms in total. The lowest BCUT2D eigenvalue weighted by atomic mass is 9.92. The summed E-state index contributed by atoms with van der Waals surface area (Å²) in [5, 5.41) is 8.74. The van der Waals surface area contributed by atoms with Gasteiger partial charge in [-0.3, -0.25) is 0 Å². The molecule has 1 rings (SSSR count). The van der Waals surface area contributed by atoms with E-state index < -0.39 is 0 Å². The van der Waals surface area contributed by atoms with Crippen LogP contribution >= 0.6 is 0 Å². The number of rotatable bonds is 3. The molecule has 1 atom stereocenters. The highest BCUT2D eigenvalue weighted by Gasteiger charge is 2.07. The van der Waals surface area contributed by atoms with Gasteiger partial charge in [-0.25, -0.2) is 0 Å². The van der Waals surface area contributed by atoms with Gasteiger partial charge in [0.1, 0.15) is 0 Å². The van der Waals surface area contributed by atoms with Gasteiger partial charge in [-0.05, 0) is 42.5 Å². The summed E-state index contributed by atoms with van der Waals surface area (Å²) in [6.07, 6.45) is 2.42. The van der Waals surface area contributed by atoms with E-state index in [1.807, 2.05) is 12.1 Å². The molecule has 0 saturated carbocycles. The molecular weight excluding hydrogens is 170 g/mol. The van der Waals surface area contributed by atoms with Gasteiger partial charge in [0, 0.05) is 0 Å². The third kappa shape index (κ3) is 2.35. The van der Waals surface area contributed by atoms with E-state index in [1.54, 1.807) is 0 Å². The number of hydrogen-bond acceptors (Lipinski definition) is 1. The first kappa shape index (κ1) is 10.8. The standard InChI is InChI=1S/C13H17N/c1-4-5-10(2)13-7-6-12(9-14)8-11(13)3/h6-8,10H,4-5H2,1-3H3/t10-/m1/s1. The van der Waals surface area contributed by atoms with Crippen molar-refractivity contribution in [2.24, 2.45) is 0 Å². The predicted octanol–water partition coefficient (Wildman–Crippen LogP) is 3.77. The van der Waals surface area contributed by atoms with Crippen molar-refractivity contribution in [3.8, 4) is 6.07 Å². The maximum atomic E-state index is 8.74. The molecule has 1 heteroatoms. The normalized spacial score (nSPS) is 12.1. The predicted molar refractivity (Wildman–Crippen MR) is 59.2 cm³/mol. The average molecular weight is 187 g/mol. The van der Waals surface area contributed by atoms with Crippen LogP contribution in [0.25, 0.3) is 0 Å². The zero-order chi connectivity index (χ0) is 10.6. The highest BCUT2D eigenvalue weighted by molar-refractivity contribution is 5.38. The Kier molecular flexibility index (Phi) is 3.71. The molecule has 0 aliphatic heterocycles. The SMILES string of the molecule is CCC[C@@H](C)c1ccc(C#N)cc1C. The number of nitriles is 1. The van der Waals surface area contributed by atoms with Crippen molar-refractivity contribution in [3.05, 3.63) is 34.9 Å². The quantitative estimate of drug-likeness (QED) is 0.706. The van der Waals surface area contributed by atoms with Crippen LogP contribution in [0.5, 0.6) is 0 Å². The van der Waals surface area contributed by atoms with Crippen molar-refractivity contribution in [2.45, 2.75) is 39.5 Å². The number of benzene rings is 1. The van der Waals surface area contributed by atoms with Crippen LogP contribution in [0, 0.1) is 18.3 Å². The van der Waals surface area contributed by atoms with E-state index in [9.17, 15) is 0 Å². The minimum atomic E-state index is 0.604. The van der Waals surface area contributed by atoms with Crippen LogP contribution in [0.4, 0.5) is 0 Å². The molecule has 0 fully saturated rings. The van der Waals surface area contributed by atoms with Crippen LogP contribution < -0.4 is 0 Å². The molecule has 0 saturated heterocycles. The van der Waals surface area contributed by atoms with Gasteiger partial charge in [0.15, 0.2) is 0 Å². The second kappa shape index (κ2) is 4.81. The van der Waals surface area contributed by atoms with Gasteiger partial charge in [0.2, 0.25) is 0 Å². The molecule has 0 radical (unpaired) electrons. The summed E-state index contributed by atoms with van der Waals surface area (Å²) in [4.78, 5) is 0. The van der Waals surface area contributed by atoms with Crippen LogP contribution in [0.15, 0.2) is 18.2 Å². The van der Waals surface area contributed by atoms with Gasteiger partial charge in [0.25, 0.3) is 0 Å². The second-order valence-electron chi connectivity index (χ2n) is 3.87. The minimum Gasteiger partial charge on any atom is -0.192 e. The molecule has 0 spiro atoms. The summed E-state index contributed by atoms with van der Waals surface area (Å²) < 4.78 is 0. The van der Waals surface area contributed by atoms with Crippen molar-refractivity contribution in [3.63, 3.8) is 0 Å². The van der Waals surface area contributed by atoms with E-state index in [0.717, 1.165) is 5.56 Å². The molecule has 1 aromatic carbocycles. The molecule has 0 heterocycles. The Morgan fingerprint density at radius 3 is 2.64 bits per heavy atom. The number of hydrogen-bond donors (Lipinski definition) is 0. The van der Waals surface area contributed by atoms with Crippen LogP contribution in [-0.4, -0.2) is 0 Å². The number of aryl methyl sites for hydroxylation is 1. The van der Waals surface area contributed by atoms with Crippen LogP contribution in [0.2, 0.25) is 0 Å². The first-order valence-corrected chi connectivity index (χ1v) is 5.19. The van der Waals surface area contributed by atoms with Crippen molar-refractivity contribution in [1.29, 1.82) is 5.26 Å². The second-order valence-corrected chi connectivity index (χ2v) is 3.87. The Morgan fingerprint density at radius 2 is 2.14 bits per heavy atom. The summed E-state index contributed by atoms with van der Waals surface area (Å²) in [5.74, 6) is 0.604. The van der Waals surface area contributed by atoms with Gasteiger partial charge in [0.05, 0.1) is 11.6 Å². The van der Waals surface area contributed by atoms with E-state index >= 15 is 0 Å². The molecule has 14 heavy (non-hydrogen) atoms. The van der Waals surface area contributed by atoms with Crippen molar-refractivity contribution >= 4 is 0 Å². The highest BCUT2D eigenvalue weighted by Crippen LogP contribution is 2.24. The first-order valence-electron chi connectivity index (χ1n) is 5.19. The summed E-state index contributed by atoms with van der Waals surface area (Å²) in [6.45, 7) is 6.54. The maximum Gasteiger partial charge on any atom is 0.0991 e. The molecule has 0 amide bonds. The molecule has 74 valence electrons. The van der Waals surface area contributed by atoms with Crippen molar-refractivity contribution < 1.29 is 0 Å². The largest absolute Gasteiger partial charge is 0.192 e. The minimum absolute atomic E-state index is 0.604. The van der Waals surface area contributed by atoms with Gasteiger partial charge in [-0.1, -0.05) is 26.3 Å². The Bertz CT molecular complexity index is 347. The summed E-state index contributed by atoms with van der Waals surface area (Å²) in [5.41, 5.74) is 3.38. The molecule has 0 aromatic heterocycles. The van der Waals surface area contributed by atoms with Gasteiger partial charge < -0.3 is 0 Å². The monoisotopic (exact) mass is 187 g/mol. The van der Waals surface area contributed by atoms with E-state index in [0.29, 0.717) is 5.92 Å². The molecule has 1 aromatic rings. The van der Waals surface area contributed by atoms with E-state index in [-0.39, 0.29) is 0 Å². The molecule has 0 unspecified atom stereocenters. The third-order valence-corrected chi connectivity index (χ3v) is 2.65. The van der Waals surface area contributed by atoms with E-state index in [4.69, 9.17) is 5.26 Å². The van der Waals surface area contributed by atoms with Gasteiger partial charge in [-0.15, -0.1) is 0 Å². The Balaban J connectivity index is 2.95. The lowest BCUT2D eigenvalue weighted by Gasteiger charge is -2.13. The molecule has 0 aliphatic rings. The van der Waals surface area contributed by atoms with Crippen LogP contribution in [-0.2, 0) is 0 Å². The number of nitrogens with zero attached hydrogens (tertiary/aromatic N) is 1. The fourth-order valence-corrected chi connectivity index (χ4v) is 1.89.